The molecule has 0 bridgehead atoms. The fraction of sp³-hybridized carbons (Fsp3) is 0.462. The lowest BCUT2D eigenvalue weighted by Gasteiger charge is -2.34. The molecule has 1 fully saturated rings. The second kappa shape index (κ2) is 15.4. The molecule has 0 atom stereocenters. The monoisotopic (exact) mass is 621 g/mol. The molecule has 0 unspecified atom stereocenters. The van der Waals surface area contributed by atoms with Crippen molar-refractivity contribution in [3.8, 4) is 22.9 Å². The first-order chi connectivity index (χ1) is 22.2. The minimum Gasteiger partial charge on any atom is -0.481 e. The molecule has 7 nitrogen and oxygen atoms in total. The highest BCUT2D eigenvalue weighted by atomic mass is 16.6. The number of ether oxygens (including phenoxy) is 2. The Morgan fingerprint density at radius 3 is 2.26 bits per heavy atom. The number of unbranched alkanes of at least 4 members (excludes halogenated alkanes) is 1. The molecule has 1 N–H and O–H groups in total. The Morgan fingerprint density at radius 1 is 0.913 bits per heavy atom. The van der Waals surface area contributed by atoms with Gasteiger partial charge >= 0.3 is 5.97 Å². The number of carbonyl (C=O) groups excluding carboxylic acids is 2. The van der Waals surface area contributed by atoms with Crippen molar-refractivity contribution in [2.75, 3.05) is 32.8 Å². The van der Waals surface area contributed by atoms with Crippen LogP contribution in [0.2, 0.25) is 0 Å². The van der Waals surface area contributed by atoms with Crippen LogP contribution in [0.25, 0.3) is 11.1 Å². The number of aryl methyl sites for hydroxylation is 1. The Kier molecular flexibility index (Phi) is 11.1. The molecule has 1 heterocycles. The fourth-order valence-electron chi connectivity index (χ4n) is 6.59. The van der Waals surface area contributed by atoms with Gasteiger partial charge in [-0.2, -0.15) is 5.26 Å². The van der Waals surface area contributed by atoms with Crippen LogP contribution in [0.1, 0.15) is 97.8 Å². The van der Waals surface area contributed by atoms with Crippen LogP contribution < -0.4 is 10.1 Å². The number of hydrogen-bond acceptors (Lipinski definition) is 6. The van der Waals surface area contributed by atoms with E-state index < -0.39 is 5.60 Å². The number of hydrogen-bond donors (Lipinski definition) is 1. The largest absolute Gasteiger partial charge is 0.481 e. The summed E-state index contributed by atoms with van der Waals surface area (Å²) in [6, 6.07) is 21.7. The van der Waals surface area contributed by atoms with E-state index in [0.29, 0.717) is 23.6 Å². The summed E-state index contributed by atoms with van der Waals surface area (Å²) >= 11 is 0. The lowest BCUT2D eigenvalue weighted by Crippen LogP contribution is -2.34. The van der Waals surface area contributed by atoms with Gasteiger partial charge in [0.2, 0.25) is 0 Å². The van der Waals surface area contributed by atoms with Gasteiger partial charge in [-0.05, 0) is 150 Å². The second-order valence-corrected chi connectivity index (χ2v) is 13.5. The summed E-state index contributed by atoms with van der Waals surface area (Å²) in [5.41, 5.74) is 6.68. The number of benzene rings is 3. The van der Waals surface area contributed by atoms with E-state index in [1.165, 1.54) is 23.1 Å². The van der Waals surface area contributed by atoms with E-state index in [-0.39, 0.29) is 18.5 Å². The SMILES string of the molecule is CC(C)(C)OC(=O)COc1c(C2CCN(CCCCNC(=O)c3ccc(-c4ccc(C#N)cc4)cc3)CC2)ccc2c1CCCC2. The van der Waals surface area contributed by atoms with Crippen molar-refractivity contribution >= 4 is 11.9 Å². The number of nitrogens with zero attached hydrogens (tertiary/aromatic N) is 2. The van der Waals surface area contributed by atoms with Crippen molar-refractivity contribution in [2.45, 2.75) is 83.7 Å². The number of amides is 1. The summed E-state index contributed by atoms with van der Waals surface area (Å²) in [6.07, 6.45) is 8.54. The Labute approximate surface area is 273 Å². The zero-order valence-corrected chi connectivity index (χ0v) is 27.6. The molecule has 46 heavy (non-hydrogen) atoms. The van der Waals surface area contributed by atoms with Crippen molar-refractivity contribution in [3.05, 3.63) is 88.5 Å². The number of rotatable bonds is 11. The van der Waals surface area contributed by atoms with Gasteiger partial charge in [0, 0.05) is 12.1 Å². The smallest absolute Gasteiger partial charge is 0.344 e. The molecule has 1 aliphatic heterocycles. The number of nitrogens with one attached hydrogen (secondary N) is 1. The maximum atomic E-state index is 12.7. The quantitative estimate of drug-likeness (QED) is 0.180. The molecular weight excluding hydrogens is 574 g/mol. The number of esters is 1. The molecule has 3 aromatic carbocycles. The Hall–Kier alpha value is -4.15. The highest BCUT2D eigenvalue weighted by Crippen LogP contribution is 2.40. The highest BCUT2D eigenvalue weighted by Gasteiger charge is 2.27. The van der Waals surface area contributed by atoms with Crippen molar-refractivity contribution in [2.24, 2.45) is 0 Å². The van der Waals surface area contributed by atoms with Gasteiger partial charge in [0.1, 0.15) is 11.4 Å². The molecule has 1 amide bonds. The van der Waals surface area contributed by atoms with E-state index in [2.05, 4.69) is 28.4 Å². The summed E-state index contributed by atoms with van der Waals surface area (Å²) in [5, 5.41) is 12.1. The van der Waals surface area contributed by atoms with Crippen LogP contribution >= 0.6 is 0 Å². The maximum absolute atomic E-state index is 12.7. The highest BCUT2D eigenvalue weighted by molar-refractivity contribution is 5.94. The first-order valence-electron chi connectivity index (χ1n) is 16.8. The predicted molar refractivity (Wildman–Crippen MR) is 181 cm³/mol. The second-order valence-electron chi connectivity index (χ2n) is 13.5. The molecule has 7 heteroatoms. The molecule has 1 aliphatic carbocycles. The third kappa shape index (κ3) is 8.98. The van der Waals surface area contributed by atoms with Crippen LogP contribution in [0.3, 0.4) is 0 Å². The maximum Gasteiger partial charge on any atom is 0.344 e. The number of carbonyl (C=O) groups is 2. The molecule has 0 saturated carbocycles. The number of likely N-dealkylation sites (tertiary alicyclic amines) is 1. The van der Waals surface area contributed by atoms with Crippen LogP contribution in [0.15, 0.2) is 60.7 Å². The van der Waals surface area contributed by atoms with E-state index in [0.717, 1.165) is 81.5 Å². The van der Waals surface area contributed by atoms with E-state index >= 15 is 0 Å². The van der Waals surface area contributed by atoms with Gasteiger partial charge in [0.25, 0.3) is 5.91 Å². The van der Waals surface area contributed by atoms with Crippen LogP contribution in [-0.2, 0) is 22.4 Å². The van der Waals surface area contributed by atoms with Crippen molar-refractivity contribution < 1.29 is 19.1 Å². The van der Waals surface area contributed by atoms with E-state index in [1.54, 1.807) is 12.1 Å². The van der Waals surface area contributed by atoms with Gasteiger partial charge in [0.05, 0.1) is 11.6 Å². The Bertz CT molecular complexity index is 1530. The summed E-state index contributed by atoms with van der Waals surface area (Å²) < 4.78 is 11.8. The average Bonchev–Trinajstić information content (AvgIpc) is 3.06. The molecule has 242 valence electrons. The molecule has 0 radical (unpaired) electrons. The Balaban J connectivity index is 1.06. The van der Waals surface area contributed by atoms with Gasteiger partial charge in [-0.3, -0.25) is 4.79 Å². The summed E-state index contributed by atoms with van der Waals surface area (Å²) in [7, 11) is 0. The van der Waals surface area contributed by atoms with Crippen LogP contribution in [0, 0.1) is 11.3 Å². The van der Waals surface area contributed by atoms with Crippen molar-refractivity contribution in [1.29, 1.82) is 5.26 Å². The first-order valence-corrected chi connectivity index (χ1v) is 16.8. The number of fused-ring (bicyclic) bond motifs is 1. The minimum atomic E-state index is -0.529. The molecule has 5 rings (SSSR count). The zero-order valence-electron chi connectivity index (χ0n) is 27.6. The summed E-state index contributed by atoms with van der Waals surface area (Å²) in [5.74, 6) is 0.971. The van der Waals surface area contributed by atoms with Gasteiger partial charge in [-0.1, -0.05) is 36.4 Å². The average molecular weight is 622 g/mol. The normalized spacial score (nSPS) is 15.4. The topological polar surface area (TPSA) is 91.7 Å². The molecule has 1 saturated heterocycles. The van der Waals surface area contributed by atoms with Crippen LogP contribution in [0.4, 0.5) is 0 Å². The van der Waals surface area contributed by atoms with Crippen molar-refractivity contribution in [3.63, 3.8) is 0 Å². The predicted octanol–water partition coefficient (Wildman–Crippen LogP) is 7.21. The minimum absolute atomic E-state index is 0.0538. The lowest BCUT2D eigenvalue weighted by molar-refractivity contribution is -0.157. The lowest BCUT2D eigenvalue weighted by atomic mass is 9.83. The third-order valence-electron chi connectivity index (χ3n) is 8.97. The number of piperidine rings is 1. The molecule has 0 spiro atoms. The summed E-state index contributed by atoms with van der Waals surface area (Å²) in [4.78, 5) is 27.7. The van der Waals surface area contributed by atoms with E-state index in [9.17, 15) is 9.59 Å². The molecule has 0 aromatic heterocycles. The molecule has 3 aromatic rings. The molecule has 2 aliphatic rings. The van der Waals surface area contributed by atoms with Gasteiger partial charge in [-0.15, -0.1) is 0 Å². The van der Waals surface area contributed by atoms with Gasteiger partial charge < -0.3 is 19.7 Å². The zero-order chi connectivity index (χ0) is 32.5. The first kappa shape index (κ1) is 33.2. The van der Waals surface area contributed by atoms with Crippen LogP contribution in [0.5, 0.6) is 5.75 Å². The standard InChI is InChI=1S/C39H47N3O4/c1-39(2,3)46-36(43)27-45-37-34-9-5-4-8-31(34)18-19-35(37)32-20-24-42(25-21-32)23-7-6-22-41-38(44)33-16-14-30(15-17-33)29-12-10-28(26-40)11-13-29/h10-19,32H,4-9,20-25,27H2,1-3H3,(H,41,44). The van der Waals surface area contributed by atoms with Gasteiger partial charge in [0.15, 0.2) is 6.61 Å². The van der Waals surface area contributed by atoms with Crippen molar-refractivity contribution in [1.82, 2.24) is 10.2 Å². The van der Waals surface area contributed by atoms with Crippen LogP contribution in [-0.4, -0.2) is 55.2 Å². The Morgan fingerprint density at radius 2 is 1.59 bits per heavy atom. The fourth-order valence-corrected chi connectivity index (χ4v) is 6.59. The number of nitriles is 1. The van der Waals surface area contributed by atoms with E-state index in [1.807, 2.05) is 57.2 Å². The summed E-state index contributed by atoms with van der Waals surface area (Å²) in [6.45, 7) is 9.33. The van der Waals surface area contributed by atoms with Gasteiger partial charge in [-0.25, -0.2) is 4.79 Å². The van der Waals surface area contributed by atoms with E-state index in [4.69, 9.17) is 14.7 Å². The molecular formula is C39H47N3O4. The third-order valence-corrected chi connectivity index (χ3v) is 8.97.